The number of carbonyl (C=O) groups excluding carboxylic acids is 1. The molecule has 0 aromatic carbocycles. The van der Waals surface area contributed by atoms with Gasteiger partial charge in [0.25, 0.3) is 0 Å². The molecule has 0 saturated carbocycles. The van der Waals surface area contributed by atoms with E-state index in [2.05, 4.69) is 15.5 Å². The Kier molecular flexibility index (Phi) is 3.24. The molecule has 0 bridgehead atoms. The van der Waals surface area contributed by atoms with E-state index >= 15 is 0 Å². The number of rotatable bonds is 3. The van der Waals surface area contributed by atoms with Gasteiger partial charge in [-0.15, -0.1) is 0 Å². The minimum Gasteiger partial charge on any atom is -0.378 e. The summed E-state index contributed by atoms with van der Waals surface area (Å²) >= 11 is 0. The van der Waals surface area contributed by atoms with Crippen LogP contribution in [0.5, 0.6) is 0 Å². The lowest BCUT2D eigenvalue weighted by Gasteiger charge is -2.08. The summed E-state index contributed by atoms with van der Waals surface area (Å²) in [5, 5.41) is 9.58. The Balaban J connectivity index is 1.97. The van der Waals surface area contributed by atoms with Gasteiger partial charge in [-0.2, -0.15) is 5.10 Å². The number of nitrogens with zero attached hydrogens (tertiary/aromatic N) is 1. The van der Waals surface area contributed by atoms with E-state index in [4.69, 9.17) is 4.74 Å². The predicted molar refractivity (Wildman–Crippen MR) is 60.1 cm³/mol. The molecule has 2 heterocycles. The predicted octanol–water partition coefficient (Wildman–Crippen LogP) is 1.34. The number of aryl methyl sites for hydroxylation is 1. The zero-order valence-corrected chi connectivity index (χ0v) is 9.62. The molecule has 5 heteroatoms. The van der Waals surface area contributed by atoms with Crippen LogP contribution in [-0.4, -0.2) is 28.8 Å². The molecule has 1 saturated heterocycles. The number of amides is 1. The van der Waals surface area contributed by atoms with Crippen molar-refractivity contribution in [1.82, 2.24) is 10.2 Å². The van der Waals surface area contributed by atoms with E-state index in [1.807, 2.05) is 13.8 Å². The van der Waals surface area contributed by atoms with E-state index in [1.54, 1.807) is 6.20 Å². The Bertz CT molecular complexity index is 375. The number of aromatic amines is 1. The summed E-state index contributed by atoms with van der Waals surface area (Å²) in [5.41, 5.74) is 1.03. The normalized spacial score (nSPS) is 24.6. The molecule has 1 amide bonds. The fourth-order valence-corrected chi connectivity index (χ4v) is 1.91. The highest BCUT2D eigenvalue weighted by molar-refractivity contribution is 5.92. The minimum absolute atomic E-state index is 0.0169. The number of ether oxygens (including phenoxy) is 1. The fourth-order valence-electron chi connectivity index (χ4n) is 1.91. The molecule has 1 aliphatic rings. The first-order chi connectivity index (χ1) is 7.70. The molecule has 1 aromatic rings. The van der Waals surface area contributed by atoms with Crippen LogP contribution in [0.4, 0.5) is 5.82 Å². The Morgan fingerprint density at radius 1 is 1.75 bits per heavy atom. The maximum absolute atomic E-state index is 11.9. The fraction of sp³-hybridized carbons (Fsp3) is 0.636. The largest absolute Gasteiger partial charge is 0.378 e. The van der Waals surface area contributed by atoms with Crippen LogP contribution in [0.2, 0.25) is 0 Å². The standard InChI is InChI=1S/C11H17N3O2/c1-3-8-5-12-14-10(8)13-11(15)9-4-7(2)16-6-9/h5,7,9H,3-4,6H2,1-2H3,(H2,12,13,14,15). The van der Waals surface area contributed by atoms with Gasteiger partial charge in [0.1, 0.15) is 5.82 Å². The van der Waals surface area contributed by atoms with Crippen molar-refractivity contribution in [2.24, 2.45) is 5.92 Å². The molecule has 0 spiro atoms. The minimum atomic E-state index is -0.0389. The Labute approximate surface area is 94.6 Å². The summed E-state index contributed by atoms with van der Waals surface area (Å²) < 4.78 is 5.38. The first-order valence-corrected chi connectivity index (χ1v) is 5.65. The SMILES string of the molecule is CCc1cn[nH]c1NC(=O)C1COC(C)C1. The summed E-state index contributed by atoms with van der Waals surface area (Å²) in [7, 11) is 0. The van der Waals surface area contributed by atoms with Crippen LogP contribution >= 0.6 is 0 Å². The Morgan fingerprint density at radius 2 is 2.56 bits per heavy atom. The number of nitrogens with one attached hydrogen (secondary N) is 2. The second-order valence-electron chi connectivity index (χ2n) is 4.19. The van der Waals surface area contributed by atoms with Crippen LogP contribution in [0.15, 0.2) is 6.20 Å². The highest BCUT2D eigenvalue weighted by atomic mass is 16.5. The van der Waals surface area contributed by atoms with Crippen LogP contribution in [0.1, 0.15) is 25.8 Å². The number of aromatic nitrogens is 2. The second kappa shape index (κ2) is 4.65. The van der Waals surface area contributed by atoms with Gasteiger partial charge in [-0.3, -0.25) is 9.89 Å². The van der Waals surface area contributed by atoms with Gasteiger partial charge in [0.2, 0.25) is 5.91 Å². The molecule has 88 valence electrons. The Morgan fingerprint density at radius 3 is 3.19 bits per heavy atom. The Hall–Kier alpha value is -1.36. The lowest BCUT2D eigenvalue weighted by molar-refractivity contribution is -0.119. The monoisotopic (exact) mass is 223 g/mol. The summed E-state index contributed by atoms with van der Waals surface area (Å²) in [4.78, 5) is 11.9. The average Bonchev–Trinajstić information content (AvgIpc) is 2.86. The topological polar surface area (TPSA) is 67.0 Å². The third-order valence-electron chi connectivity index (χ3n) is 2.92. The molecule has 5 nitrogen and oxygen atoms in total. The summed E-state index contributed by atoms with van der Waals surface area (Å²) in [6.45, 7) is 4.53. The lowest BCUT2D eigenvalue weighted by Crippen LogP contribution is -2.23. The third-order valence-corrected chi connectivity index (χ3v) is 2.92. The van der Waals surface area contributed by atoms with Crippen molar-refractivity contribution < 1.29 is 9.53 Å². The van der Waals surface area contributed by atoms with Crippen molar-refractivity contribution >= 4 is 11.7 Å². The van der Waals surface area contributed by atoms with E-state index < -0.39 is 0 Å². The molecule has 2 rings (SSSR count). The molecule has 2 N–H and O–H groups in total. The van der Waals surface area contributed by atoms with Gasteiger partial charge >= 0.3 is 0 Å². The van der Waals surface area contributed by atoms with Crippen LogP contribution in [0, 0.1) is 5.92 Å². The van der Waals surface area contributed by atoms with Crippen LogP contribution in [0.25, 0.3) is 0 Å². The zero-order chi connectivity index (χ0) is 11.5. The smallest absolute Gasteiger partial charge is 0.231 e. The van der Waals surface area contributed by atoms with Crippen LogP contribution in [-0.2, 0) is 16.0 Å². The number of anilines is 1. The highest BCUT2D eigenvalue weighted by Gasteiger charge is 2.28. The molecule has 0 radical (unpaired) electrons. The van der Waals surface area contributed by atoms with Gasteiger partial charge in [-0.05, 0) is 19.8 Å². The van der Waals surface area contributed by atoms with Crippen molar-refractivity contribution in [3.63, 3.8) is 0 Å². The summed E-state index contributed by atoms with van der Waals surface area (Å²) in [5.74, 6) is 0.693. The van der Waals surface area contributed by atoms with Gasteiger partial charge in [0, 0.05) is 5.56 Å². The first-order valence-electron chi connectivity index (χ1n) is 5.65. The first kappa shape index (κ1) is 11.1. The van der Waals surface area contributed by atoms with Gasteiger partial charge in [-0.25, -0.2) is 0 Å². The molecule has 2 atom stereocenters. The molecular formula is C11H17N3O2. The third kappa shape index (κ3) is 2.24. The molecule has 1 aliphatic heterocycles. The van der Waals surface area contributed by atoms with E-state index in [0.717, 1.165) is 18.4 Å². The quantitative estimate of drug-likeness (QED) is 0.812. The van der Waals surface area contributed by atoms with E-state index in [9.17, 15) is 4.79 Å². The van der Waals surface area contributed by atoms with Crippen molar-refractivity contribution in [3.8, 4) is 0 Å². The molecule has 1 fully saturated rings. The molecule has 0 aliphatic carbocycles. The molecule has 2 unspecified atom stereocenters. The van der Waals surface area contributed by atoms with Crippen molar-refractivity contribution in [2.75, 3.05) is 11.9 Å². The molecule has 16 heavy (non-hydrogen) atoms. The van der Waals surface area contributed by atoms with Gasteiger partial charge in [0.05, 0.1) is 24.8 Å². The van der Waals surface area contributed by atoms with Gasteiger partial charge in [-0.1, -0.05) is 6.92 Å². The lowest BCUT2D eigenvalue weighted by atomic mass is 10.1. The number of H-pyrrole nitrogens is 1. The number of hydrogen-bond acceptors (Lipinski definition) is 3. The number of carbonyl (C=O) groups is 1. The zero-order valence-electron chi connectivity index (χ0n) is 9.62. The van der Waals surface area contributed by atoms with Crippen molar-refractivity contribution in [1.29, 1.82) is 0 Å². The van der Waals surface area contributed by atoms with Gasteiger partial charge < -0.3 is 10.1 Å². The average molecular weight is 223 g/mol. The van der Waals surface area contributed by atoms with Crippen LogP contribution < -0.4 is 5.32 Å². The molecule has 1 aromatic heterocycles. The maximum Gasteiger partial charge on any atom is 0.231 e. The second-order valence-corrected chi connectivity index (χ2v) is 4.19. The molecular weight excluding hydrogens is 206 g/mol. The maximum atomic E-state index is 11.9. The van der Waals surface area contributed by atoms with Crippen molar-refractivity contribution in [2.45, 2.75) is 32.8 Å². The van der Waals surface area contributed by atoms with Crippen LogP contribution in [0.3, 0.4) is 0 Å². The van der Waals surface area contributed by atoms with E-state index in [0.29, 0.717) is 12.4 Å². The van der Waals surface area contributed by atoms with Gasteiger partial charge in [0.15, 0.2) is 0 Å². The van der Waals surface area contributed by atoms with E-state index in [-0.39, 0.29) is 17.9 Å². The van der Waals surface area contributed by atoms with Crippen molar-refractivity contribution in [3.05, 3.63) is 11.8 Å². The summed E-state index contributed by atoms with van der Waals surface area (Å²) in [6.07, 6.45) is 3.57. The summed E-state index contributed by atoms with van der Waals surface area (Å²) in [6, 6.07) is 0. The van der Waals surface area contributed by atoms with E-state index in [1.165, 1.54) is 0 Å². The highest BCUT2D eigenvalue weighted by Crippen LogP contribution is 2.21. The number of hydrogen-bond donors (Lipinski definition) is 2.